The monoisotopic (exact) mass is 447 g/mol. The third kappa shape index (κ3) is 3.76. The summed E-state index contributed by atoms with van der Waals surface area (Å²) in [5.74, 6) is 0.676. The molecule has 1 fully saturated rings. The van der Waals surface area contributed by atoms with E-state index in [1.54, 1.807) is 16.9 Å². The SMILES string of the molecule is COc1cccc([C@@H]2c3[nH]c4ccccc4c3C[C@H]3C(=O)N(CCCCCO)CC(=O)N23)c1. The summed E-state index contributed by atoms with van der Waals surface area (Å²) in [6, 6.07) is 14.9. The van der Waals surface area contributed by atoms with E-state index in [2.05, 4.69) is 11.1 Å². The number of carbonyl (C=O) groups is 2. The Morgan fingerprint density at radius 1 is 1.09 bits per heavy atom. The first-order valence-corrected chi connectivity index (χ1v) is 11.6. The number of piperazine rings is 1. The van der Waals surface area contributed by atoms with Crippen LogP contribution in [-0.2, 0) is 16.0 Å². The molecule has 0 bridgehead atoms. The number of aromatic nitrogens is 1. The lowest BCUT2D eigenvalue weighted by Crippen LogP contribution is -2.63. The van der Waals surface area contributed by atoms with Crippen molar-refractivity contribution in [3.8, 4) is 5.75 Å². The molecule has 0 aliphatic carbocycles. The van der Waals surface area contributed by atoms with E-state index in [4.69, 9.17) is 9.84 Å². The van der Waals surface area contributed by atoms with Gasteiger partial charge in [0, 0.05) is 36.2 Å². The number of ether oxygens (including phenoxy) is 1. The highest BCUT2D eigenvalue weighted by Crippen LogP contribution is 2.43. The Balaban J connectivity index is 1.57. The Bertz CT molecular complexity index is 1190. The molecular formula is C26H29N3O4. The maximum absolute atomic E-state index is 13.6. The molecule has 7 nitrogen and oxygen atoms in total. The lowest BCUT2D eigenvalue weighted by molar-refractivity contribution is -0.158. The predicted molar refractivity (Wildman–Crippen MR) is 125 cm³/mol. The topological polar surface area (TPSA) is 85.9 Å². The van der Waals surface area contributed by atoms with Crippen LogP contribution in [0.4, 0.5) is 0 Å². The number of aromatic amines is 1. The van der Waals surface area contributed by atoms with E-state index in [1.165, 1.54) is 0 Å². The summed E-state index contributed by atoms with van der Waals surface area (Å²) in [7, 11) is 1.63. The molecule has 3 aromatic rings. The number of methoxy groups -OCH3 is 1. The van der Waals surface area contributed by atoms with E-state index < -0.39 is 6.04 Å². The third-order valence-corrected chi connectivity index (χ3v) is 6.84. The molecule has 0 radical (unpaired) electrons. The van der Waals surface area contributed by atoms with Gasteiger partial charge >= 0.3 is 0 Å². The standard InChI is InChI=1S/C26H29N3O4/c1-33-18-9-7-8-17(14-18)25-24-20(19-10-3-4-11-21(19)27-24)15-22-26(32)28(12-5-2-6-13-30)16-23(31)29(22)25/h3-4,7-11,14,22,25,27,30H,2,5-6,12-13,15-16H2,1H3/t22-,25+/m0/s1. The Morgan fingerprint density at radius 3 is 2.76 bits per heavy atom. The molecule has 0 unspecified atom stereocenters. The summed E-state index contributed by atoms with van der Waals surface area (Å²) in [4.78, 5) is 34.1. The number of hydrogen-bond donors (Lipinski definition) is 2. The third-order valence-electron chi connectivity index (χ3n) is 6.84. The number of benzene rings is 2. The number of carbonyl (C=O) groups excluding carboxylic acids is 2. The smallest absolute Gasteiger partial charge is 0.246 e. The summed E-state index contributed by atoms with van der Waals surface area (Å²) in [6.07, 6.45) is 2.82. The number of hydrogen-bond acceptors (Lipinski definition) is 4. The summed E-state index contributed by atoms with van der Waals surface area (Å²) in [5.41, 5.74) is 4.00. The molecule has 2 atom stereocenters. The van der Waals surface area contributed by atoms with Crippen LogP contribution < -0.4 is 4.74 Å². The Hall–Kier alpha value is -3.32. The van der Waals surface area contributed by atoms with Crippen molar-refractivity contribution in [3.63, 3.8) is 0 Å². The average molecular weight is 448 g/mol. The molecule has 33 heavy (non-hydrogen) atoms. The van der Waals surface area contributed by atoms with Gasteiger partial charge in [0.05, 0.1) is 19.7 Å². The minimum atomic E-state index is -0.535. The van der Waals surface area contributed by atoms with Crippen LogP contribution >= 0.6 is 0 Å². The average Bonchev–Trinajstić information content (AvgIpc) is 3.22. The zero-order chi connectivity index (χ0) is 22.9. The van der Waals surface area contributed by atoms with Crippen molar-refractivity contribution in [2.45, 2.75) is 37.8 Å². The van der Waals surface area contributed by atoms with Crippen LogP contribution in [0.1, 0.15) is 42.1 Å². The molecule has 2 aromatic carbocycles. The fraction of sp³-hybridized carbons (Fsp3) is 0.385. The Morgan fingerprint density at radius 2 is 1.94 bits per heavy atom. The zero-order valence-corrected chi connectivity index (χ0v) is 18.8. The van der Waals surface area contributed by atoms with Crippen LogP contribution in [0.2, 0.25) is 0 Å². The predicted octanol–water partition coefficient (Wildman–Crippen LogP) is 3.02. The van der Waals surface area contributed by atoms with Gasteiger partial charge in [0.2, 0.25) is 11.8 Å². The minimum absolute atomic E-state index is 0.00225. The summed E-state index contributed by atoms with van der Waals surface area (Å²) >= 11 is 0. The Labute approximate surface area is 192 Å². The second-order valence-corrected chi connectivity index (χ2v) is 8.81. The molecule has 2 aliphatic heterocycles. The normalized spacial score (nSPS) is 20.2. The van der Waals surface area contributed by atoms with E-state index in [0.717, 1.165) is 40.6 Å². The van der Waals surface area contributed by atoms with E-state index in [9.17, 15) is 9.59 Å². The van der Waals surface area contributed by atoms with Gasteiger partial charge in [0.15, 0.2) is 0 Å². The number of amides is 2. The van der Waals surface area contributed by atoms with Crippen LogP contribution in [0.25, 0.3) is 10.9 Å². The first kappa shape index (κ1) is 21.5. The van der Waals surface area contributed by atoms with Gasteiger partial charge in [-0.25, -0.2) is 0 Å². The number of unbranched alkanes of at least 4 members (excludes halogenated alkanes) is 2. The van der Waals surface area contributed by atoms with Gasteiger partial charge in [-0.3, -0.25) is 9.59 Å². The van der Waals surface area contributed by atoms with Crippen LogP contribution in [0.3, 0.4) is 0 Å². The van der Waals surface area contributed by atoms with Gasteiger partial charge < -0.3 is 24.6 Å². The number of fused-ring (bicyclic) bond motifs is 4. The molecule has 1 aromatic heterocycles. The molecule has 0 spiro atoms. The maximum Gasteiger partial charge on any atom is 0.246 e. The first-order valence-electron chi connectivity index (χ1n) is 11.6. The van der Waals surface area contributed by atoms with Crippen molar-refractivity contribution in [3.05, 3.63) is 65.4 Å². The van der Waals surface area contributed by atoms with Crippen molar-refractivity contribution < 1.29 is 19.4 Å². The zero-order valence-electron chi connectivity index (χ0n) is 18.8. The molecule has 7 heteroatoms. The van der Waals surface area contributed by atoms with Gasteiger partial charge in [0.25, 0.3) is 0 Å². The number of para-hydroxylation sites is 1. The second kappa shape index (κ2) is 8.90. The van der Waals surface area contributed by atoms with Crippen molar-refractivity contribution in [1.82, 2.24) is 14.8 Å². The van der Waals surface area contributed by atoms with E-state index in [0.29, 0.717) is 25.1 Å². The summed E-state index contributed by atoms with van der Waals surface area (Å²) in [6.45, 7) is 0.777. The number of aliphatic hydroxyl groups excluding tert-OH is 1. The van der Waals surface area contributed by atoms with Crippen molar-refractivity contribution >= 4 is 22.7 Å². The van der Waals surface area contributed by atoms with Gasteiger partial charge in [-0.05, 0) is 48.6 Å². The number of nitrogens with one attached hydrogen (secondary N) is 1. The molecule has 1 saturated heterocycles. The van der Waals surface area contributed by atoms with E-state index in [-0.39, 0.29) is 31.0 Å². The maximum atomic E-state index is 13.6. The largest absolute Gasteiger partial charge is 0.497 e. The number of rotatable bonds is 7. The van der Waals surface area contributed by atoms with Crippen LogP contribution in [-0.4, -0.2) is 64.6 Å². The van der Waals surface area contributed by atoms with Crippen LogP contribution in [0, 0.1) is 0 Å². The molecule has 5 rings (SSSR count). The fourth-order valence-corrected chi connectivity index (χ4v) is 5.26. The number of H-pyrrole nitrogens is 1. The summed E-state index contributed by atoms with van der Waals surface area (Å²) < 4.78 is 5.45. The fourth-order valence-electron chi connectivity index (χ4n) is 5.26. The quantitative estimate of drug-likeness (QED) is 0.545. The highest BCUT2D eigenvalue weighted by molar-refractivity contribution is 5.97. The molecular weight excluding hydrogens is 418 g/mol. The first-order chi connectivity index (χ1) is 16.1. The lowest BCUT2D eigenvalue weighted by atomic mass is 9.86. The van der Waals surface area contributed by atoms with E-state index >= 15 is 0 Å². The van der Waals surface area contributed by atoms with Gasteiger partial charge in [-0.2, -0.15) is 0 Å². The second-order valence-electron chi connectivity index (χ2n) is 8.81. The summed E-state index contributed by atoms with van der Waals surface area (Å²) in [5, 5.41) is 10.1. The van der Waals surface area contributed by atoms with Crippen molar-refractivity contribution in [1.29, 1.82) is 0 Å². The minimum Gasteiger partial charge on any atom is -0.497 e. The van der Waals surface area contributed by atoms with Crippen molar-refractivity contribution in [2.24, 2.45) is 0 Å². The van der Waals surface area contributed by atoms with Crippen LogP contribution in [0.5, 0.6) is 5.75 Å². The highest BCUT2D eigenvalue weighted by atomic mass is 16.5. The molecule has 3 heterocycles. The van der Waals surface area contributed by atoms with Crippen LogP contribution in [0.15, 0.2) is 48.5 Å². The molecule has 172 valence electrons. The molecule has 2 aliphatic rings. The molecule has 0 saturated carbocycles. The van der Waals surface area contributed by atoms with Crippen molar-refractivity contribution in [2.75, 3.05) is 26.8 Å². The van der Waals surface area contributed by atoms with E-state index in [1.807, 2.05) is 42.5 Å². The van der Waals surface area contributed by atoms with Gasteiger partial charge in [-0.15, -0.1) is 0 Å². The van der Waals surface area contributed by atoms with Gasteiger partial charge in [0.1, 0.15) is 11.8 Å². The number of nitrogens with zero attached hydrogens (tertiary/aromatic N) is 2. The Kier molecular flexibility index (Phi) is 5.81. The highest BCUT2D eigenvalue weighted by Gasteiger charge is 2.48. The van der Waals surface area contributed by atoms with Gasteiger partial charge in [-0.1, -0.05) is 30.3 Å². The number of aliphatic hydroxyl groups is 1. The lowest BCUT2D eigenvalue weighted by Gasteiger charge is -2.47. The molecule has 2 N–H and O–H groups in total. The molecule has 2 amide bonds.